The molecule has 146 valence electrons. The molecule has 1 saturated heterocycles. The molecule has 26 heavy (non-hydrogen) atoms. The second kappa shape index (κ2) is 10.2. The number of likely N-dealkylation sites (N-methyl/N-ethyl adjacent to an activating group) is 1. The molecule has 1 heterocycles. The van der Waals surface area contributed by atoms with Gasteiger partial charge in [-0.2, -0.15) is 0 Å². The second-order valence-corrected chi connectivity index (χ2v) is 6.49. The highest BCUT2D eigenvalue weighted by Gasteiger charge is 2.28. The topological polar surface area (TPSA) is 79.9 Å². The van der Waals surface area contributed by atoms with Gasteiger partial charge in [0.05, 0.1) is 7.11 Å². The summed E-state index contributed by atoms with van der Waals surface area (Å²) in [5.41, 5.74) is 0.912. The average molecular weight is 386 g/mol. The average Bonchev–Trinajstić information content (AvgIpc) is 2.55. The van der Waals surface area contributed by atoms with Gasteiger partial charge in [-0.05, 0) is 36.7 Å². The van der Waals surface area contributed by atoms with Gasteiger partial charge in [0.25, 0.3) is 5.91 Å². The number of nitrogens with one attached hydrogen (secondary N) is 2. The first kappa shape index (κ1) is 22.1. The van der Waals surface area contributed by atoms with E-state index in [0.717, 1.165) is 18.7 Å². The van der Waals surface area contributed by atoms with Crippen molar-refractivity contribution in [3.05, 3.63) is 23.8 Å². The zero-order valence-corrected chi connectivity index (χ0v) is 16.5. The maximum Gasteiger partial charge on any atom is 0.259 e. The molecule has 7 nitrogen and oxygen atoms in total. The zero-order chi connectivity index (χ0) is 18.4. The van der Waals surface area contributed by atoms with Gasteiger partial charge in [0.15, 0.2) is 18.1 Å². The molecule has 1 aliphatic heterocycles. The van der Waals surface area contributed by atoms with E-state index in [4.69, 9.17) is 9.47 Å². The molecule has 0 radical (unpaired) electrons. The van der Waals surface area contributed by atoms with Crippen molar-refractivity contribution >= 4 is 24.2 Å². The minimum atomic E-state index is -0.127. The van der Waals surface area contributed by atoms with Crippen molar-refractivity contribution in [3.63, 3.8) is 0 Å². The summed E-state index contributed by atoms with van der Waals surface area (Å²) < 4.78 is 10.8. The van der Waals surface area contributed by atoms with Gasteiger partial charge in [0.1, 0.15) is 0 Å². The Kier molecular flexibility index (Phi) is 8.68. The maximum absolute atomic E-state index is 12.2. The summed E-state index contributed by atoms with van der Waals surface area (Å²) in [5.74, 6) is 1.39. The molecular weight excluding hydrogens is 358 g/mol. The van der Waals surface area contributed by atoms with Crippen LogP contribution in [0.15, 0.2) is 18.2 Å². The molecule has 1 unspecified atom stereocenters. The first-order valence-corrected chi connectivity index (χ1v) is 8.40. The van der Waals surface area contributed by atoms with E-state index in [1.807, 2.05) is 19.1 Å². The van der Waals surface area contributed by atoms with Crippen molar-refractivity contribution in [1.82, 2.24) is 15.5 Å². The number of benzene rings is 1. The lowest BCUT2D eigenvalue weighted by Crippen LogP contribution is -2.49. The van der Waals surface area contributed by atoms with Gasteiger partial charge in [0.2, 0.25) is 5.91 Å². The number of hydrogen-bond donors (Lipinski definition) is 2. The summed E-state index contributed by atoms with van der Waals surface area (Å²) in [7, 11) is 4.90. The minimum absolute atomic E-state index is 0. The van der Waals surface area contributed by atoms with Crippen molar-refractivity contribution in [3.8, 4) is 11.5 Å². The van der Waals surface area contributed by atoms with Crippen LogP contribution in [0.3, 0.4) is 0 Å². The monoisotopic (exact) mass is 385 g/mol. The van der Waals surface area contributed by atoms with Gasteiger partial charge in [-0.25, -0.2) is 0 Å². The number of carbonyl (C=O) groups is 2. The Morgan fingerprint density at radius 1 is 1.31 bits per heavy atom. The fourth-order valence-electron chi connectivity index (χ4n) is 2.44. The van der Waals surface area contributed by atoms with E-state index in [-0.39, 0.29) is 36.7 Å². The van der Waals surface area contributed by atoms with Crippen LogP contribution in [0.25, 0.3) is 0 Å². The Bertz CT molecular complexity index is 620. The molecule has 1 atom stereocenters. The lowest BCUT2D eigenvalue weighted by Gasteiger charge is -2.31. The van der Waals surface area contributed by atoms with Gasteiger partial charge in [-0.1, -0.05) is 13.0 Å². The second-order valence-electron chi connectivity index (χ2n) is 6.49. The normalized spacial score (nSPS) is 14.5. The number of ether oxygens (including phenoxy) is 2. The van der Waals surface area contributed by atoms with Gasteiger partial charge in [0, 0.05) is 26.6 Å². The number of halogens is 1. The molecule has 1 aromatic rings. The Hall–Kier alpha value is -1.99. The highest BCUT2D eigenvalue weighted by molar-refractivity contribution is 5.85. The summed E-state index contributed by atoms with van der Waals surface area (Å²) >= 11 is 0. The summed E-state index contributed by atoms with van der Waals surface area (Å²) in [6.07, 6.45) is 0. The van der Waals surface area contributed by atoms with Crippen LogP contribution < -0.4 is 20.1 Å². The molecule has 1 aliphatic rings. The fourth-order valence-corrected chi connectivity index (χ4v) is 2.44. The molecule has 0 aromatic heterocycles. The number of rotatable bonds is 8. The van der Waals surface area contributed by atoms with Crippen LogP contribution in [0, 0.1) is 11.8 Å². The Balaban J connectivity index is 0.00000338. The Labute approximate surface area is 160 Å². The van der Waals surface area contributed by atoms with Crippen LogP contribution in [0.2, 0.25) is 0 Å². The van der Waals surface area contributed by atoms with Crippen LogP contribution in [-0.2, 0) is 16.1 Å². The largest absolute Gasteiger partial charge is 0.493 e. The third-order valence-electron chi connectivity index (χ3n) is 4.48. The van der Waals surface area contributed by atoms with E-state index in [1.54, 1.807) is 27.3 Å². The first-order valence-electron chi connectivity index (χ1n) is 8.40. The van der Waals surface area contributed by atoms with Crippen LogP contribution >= 0.6 is 12.4 Å². The lowest BCUT2D eigenvalue weighted by atomic mass is 9.88. The Morgan fingerprint density at radius 3 is 2.54 bits per heavy atom. The van der Waals surface area contributed by atoms with E-state index in [2.05, 4.69) is 10.6 Å². The van der Waals surface area contributed by atoms with Gasteiger partial charge in [-0.15, -0.1) is 12.4 Å². The molecule has 8 heteroatoms. The molecule has 1 fully saturated rings. The zero-order valence-electron chi connectivity index (χ0n) is 15.7. The lowest BCUT2D eigenvalue weighted by molar-refractivity contribution is -0.130. The van der Waals surface area contributed by atoms with E-state index >= 15 is 0 Å². The summed E-state index contributed by atoms with van der Waals surface area (Å²) in [6, 6.07) is 5.42. The predicted octanol–water partition coefficient (Wildman–Crippen LogP) is 1.06. The molecule has 0 aliphatic carbocycles. The highest BCUT2D eigenvalue weighted by Crippen LogP contribution is 2.28. The maximum atomic E-state index is 12.2. The molecule has 0 bridgehead atoms. The van der Waals surface area contributed by atoms with Crippen molar-refractivity contribution in [1.29, 1.82) is 0 Å². The standard InChI is InChI=1S/C18H27N3O4.ClH/c1-12(14-9-19-10-14)18(23)20-8-13-5-6-15(16(7-13)24-4)25-11-17(22)21(2)3;/h5-7,12,14,19H,8-11H2,1-4H3,(H,20,23);1H. The predicted molar refractivity (Wildman–Crippen MR) is 102 cm³/mol. The molecule has 2 amide bonds. The van der Waals surface area contributed by atoms with Crippen LogP contribution in [0.4, 0.5) is 0 Å². The molecule has 2 N–H and O–H groups in total. The number of hydrogen-bond acceptors (Lipinski definition) is 5. The SMILES string of the molecule is COc1cc(CNC(=O)C(C)C2CNC2)ccc1OCC(=O)N(C)C.Cl. The van der Waals surface area contributed by atoms with Gasteiger partial charge >= 0.3 is 0 Å². The third-order valence-corrected chi connectivity index (χ3v) is 4.48. The van der Waals surface area contributed by atoms with Gasteiger partial charge < -0.3 is 25.0 Å². The van der Waals surface area contributed by atoms with Crippen LogP contribution in [0.5, 0.6) is 11.5 Å². The van der Waals surface area contributed by atoms with Gasteiger partial charge in [-0.3, -0.25) is 9.59 Å². The molecular formula is C18H28ClN3O4. The summed E-state index contributed by atoms with van der Waals surface area (Å²) in [4.78, 5) is 25.3. The van der Waals surface area contributed by atoms with E-state index in [1.165, 1.54) is 4.90 Å². The van der Waals surface area contributed by atoms with Crippen molar-refractivity contribution < 1.29 is 19.1 Å². The van der Waals surface area contributed by atoms with E-state index < -0.39 is 0 Å². The van der Waals surface area contributed by atoms with Crippen molar-refractivity contribution in [2.45, 2.75) is 13.5 Å². The quantitative estimate of drug-likeness (QED) is 0.699. The molecule has 2 rings (SSSR count). The number of nitrogens with zero attached hydrogens (tertiary/aromatic N) is 1. The summed E-state index contributed by atoms with van der Waals surface area (Å²) in [6.45, 7) is 4.14. The number of amides is 2. The summed E-state index contributed by atoms with van der Waals surface area (Å²) in [5, 5.41) is 6.14. The molecule has 0 spiro atoms. The molecule has 0 saturated carbocycles. The Morgan fingerprint density at radius 2 is 2.00 bits per heavy atom. The van der Waals surface area contributed by atoms with Crippen molar-refractivity contribution in [2.75, 3.05) is 40.9 Å². The van der Waals surface area contributed by atoms with Crippen molar-refractivity contribution in [2.24, 2.45) is 11.8 Å². The number of carbonyl (C=O) groups excluding carboxylic acids is 2. The first-order chi connectivity index (χ1) is 11.9. The minimum Gasteiger partial charge on any atom is -0.493 e. The molecule has 1 aromatic carbocycles. The van der Waals surface area contributed by atoms with Crippen LogP contribution in [-0.4, -0.2) is 57.6 Å². The third kappa shape index (κ3) is 5.78. The number of methoxy groups -OCH3 is 1. The smallest absolute Gasteiger partial charge is 0.259 e. The van der Waals surface area contributed by atoms with Crippen LogP contribution in [0.1, 0.15) is 12.5 Å². The van der Waals surface area contributed by atoms with E-state index in [9.17, 15) is 9.59 Å². The highest BCUT2D eigenvalue weighted by atomic mass is 35.5. The fraction of sp³-hybridized carbons (Fsp3) is 0.556. The van der Waals surface area contributed by atoms with E-state index in [0.29, 0.717) is 24.0 Å².